The monoisotopic (exact) mass is 373 g/mol. The Morgan fingerprint density at radius 3 is 2.57 bits per heavy atom. The summed E-state index contributed by atoms with van der Waals surface area (Å²) in [6, 6.07) is 17.1. The zero-order valence-corrected chi connectivity index (χ0v) is 15.1. The number of fused-ring (bicyclic) bond motifs is 1. The molecule has 2 heterocycles. The summed E-state index contributed by atoms with van der Waals surface area (Å²) in [6.45, 7) is 0. The maximum atomic E-state index is 12.8. The number of aromatic amines is 2. The maximum Gasteiger partial charge on any atom is 0.270 e. The van der Waals surface area contributed by atoms with Crippen LogP contribution in [0.4, 0.5) is 5.82 Å². The summed E-state index contributed by atoms with van der Waals surface area (Å²) in [6.07, 6.45) is 2.12. The number of anilines is 1. The third-order valence-electron chi connectivity index (χ3n) is 5.29. The molecule has 6 nitrogen and oxygen atoms in total. The molecule has 140 valence electrons. The lowest BCUT2D eigenvalue weighted by Gasteiger charge is -2.31. The lowest BCUT2D eigenvalue weighted by atomic mass is 9.77. The number of aromatic nitrogens is 2. The number of carbonyl (C=O) groups excluding carboxylic acids is 1. The highest BCUT2D eigenvalue weighted by molar-refractivity contribution is 6.00. The van der Waals surface area contributed by atoms with Gasteiger partial charge in [0.05, 0.1) is 5.56 Å². The number of rotatable bonds is 3. The van der Waals surface area contributed by atoms with E-state index in [0.29, 0.717) is 29.1 Å². The Balaban J connectivity index is 1.62. The molecule has 1 aliphatic carbocycles. The number of allylic oxidation sites excluding steroid dienone is 2. The lowest BCUT2D eigenvalue weighted by molar-refractivity contribution is -0.116. The summed E-state index contributed by atoms with van der Waals surface area (Å²) in [5.41, 5.74) is 2.79. The van der Waals surface area contributed by atoms with E-state index in [0.717, 1.165) is 29.9 Å². The summed E-state index contributed by atoms with van der Waals surface area (Å²) in [5.74, 6) is 1.73. The van der Waals surface area contributed by atoms with E-state index >= 15 is 0 Å². The Bertz CT molecular complexity index is 1140. The molecule has 3 aromatic rings. The Morgan fingerprint density at radius 2 is 1.71 bits per heavy atom. The van der Waals surface area contributed by atoms with E-state index < -0.39 is 5.92 Å². The van der Waals surface area contributed by atoms with Crippen LogP contribution in [0.5, 0.6) is 11.5 Å². The summed E-state index contributed by atoms with van der Waals surface area (Å²) >= 11 is 0. The molecule has 0 amide bonds. The lowest BCUT2D eigenvalue weighted by Crippen LogP contribution is -2.29. The first-order valence-corrected chi connectivity index (χ1v) is 9.37. The summed E-state index contributed by atoms with van der Waals surface area (Å²) in [5, 5.41) is 8.79. The van der Waals surface area contributed by atoms with Crippen LogP contribution in [0.3, 0.4) is 0 Å². The maximum absolute atomic E-state index is 12.8. The van der Waals surface area contributed by atoms with Crippen molar-refractivity contribution in [2.24, 2.45) is 0 Å². The van der Waals surface area contributed by atoms with Crippen molar-refractivity contribution < 1.29 is 9.53 Å². The van der Waals surface area contributed by atoms with E-state index in [2.05, 4.69) is 15.5 Å². The van der Waals surface area contributed by atoms with Crippen LogP contribution in [-0.4, -0.2) is 16.0 Å². The van der Waals surface area contributed by atoms with Crippen molar-refractivity contribution in [2.75, 3.05) is 5.32 Å². The fraction of sp³-hybridized carbons (Fsp3) is 0.182. The molecule has 0 spiro atoms. The van der Waals surface area contributed by atoms with Crippen LogP contribution in [-0.2, 0) is 4.79 Å². The normalized spacial score (nSPS) is 18.3. The standard InChI is InChI=1S/C22H19N3O3/c26-17-11-5-10-16-19(17)18(20-21(23-16)24-25-22(20)27)13-6-4-9-15(12-13)28-14-7-2-1-3-8-14/h1-4,6-9,12,18H,5,10-11H2,(H3,23,24,25,27)/t18-/m0/s1. The fourth-order valence-electron chi connectivity index (χ4n) is 4.08. The van der Waals surface area contributed by atoms with Crippen molar-refractivity contribution in [3.63, 3.8) is 0 Å². The quantitative estimate of drug-likeness (QED) is 0.646. The van der Waals surface area contributed by atoms with Crippen LogP contribution in [0.25, 0.3) is 0 Å². The molecule has 0 fully saturated rings. The first kappa shape index (κ1) is 16.6. The minimum atomic E-state index is -0.409. The molecule has 28 heavy (non-hydrogen) atoms. The molecule has 0 bridgehead atoms. The van der Waals surface area contributed by atoms with Crippen LogP contribution in [0.1, 0.15) is 36.3 Å². The number of hydrogen-bond donors (Lipinski definition) is 3. The van der Waals surface area contributed by atoms with Crippen molar-refractivity contribution >= 4 is 11.6 Å². The summed E-state index contributed by atoms with van der Waals surface area (Å²) in [4.78, 5) is 25.3. The average molecular weight is 373 g/mol. The minimum Gasteiger partial charge on any atom is -0.457 e. The number of nitrogens with one attached hydrogen (secondary N) is 3. The van der Waals surface area contributed by atoms with Gasteiger partial charge in [-0.05, 0) is 42.7 Å². The van der Waals surface area contributed by atoms with Gasteiger partial charge in [-0.1, -0.05) is 30.3 Å². The summed E-state index contributed by atoms with van der Waals surface area (Å²) < 4.78 is 5.96. The molecule has 3 N–H and O–H groups in total. The number of H-pyrrole nitrogens is 2. The van der Waals surface area contributed by atoms with Gasteiger partial charge in [0.25, 0.3) is 5.56 Å². The van der Waals surface area contributed by atoms with Crippen molar-refractivity contribution in [1.82, 2.24) is 10.2 Å². The van der Waals surface area contributed by atoms with E-state index in [1.54, 1.807) is 0 Å². The topological polar surface area (TPSA) is 87.0 Å². The molecule has 2 aliphatic rings. The van der Waals surface area contributed by atoms with Crippen LogP contribution in [0.15, 0.2) is 70.7 Å². The molecule has 0 unspecified atom stereocenters. The molecular weight excluding hydrogens is 354 g/mol. The second-order valence-electron chi connectivity index (χ2n) is 7.08. The number of ketones is 1. The molecule has 6 heteroatoms. The Morgan fingerprint density at radius 1 is 0.893 bits per heavy atom. The van der Waals surface area contributed by atoms with E-state index in [9.17, 15) is 9.59 Å². The van der Waals surface area contributed by atoms with Gasteiger partial charge in [0, 0.05) is 23.6 Å². The van der Waals surface area contributed by atoms with Gasteiger partial charge in [0.1, 0.15) is 17.3 Å². The Kier molecular flexibility index (Phi) is 3.90. The molecule has 0 radical (unpaired) electrons. The highest BCUT2D eigenvalue weighted by Gasteiger charge is 2.37. The van der Waals surface area contributed by atoms with Gasteiger partial charge >= 0.3 is 0 Å². The number of ether oxygens (including phenoxy) is 1. The number of hydrogen-bond acceptors (Lipinski definition) is 4. The fourth-order valence-corrected chi connectivity index (χ4v) is 4.08. The zero-order valence-electron chi connectivity index (χ0n) is 15.1. The first-order chi connectivity index (χ1) is 13.7. The van der Waals surface area contributed by atoms with Gasteiger partial charge in [-0.25, -0.2) is 0 Å². The molecule has 5 rings (SSSR count). The van der Waals surface area contributed by atoms with Crippen molar-refractivity contribution in [3.8, 4) is 11.5 Å². The van der Waals surface area contributed by atoms with Gasteiger partial charge in [-0.3, -0.25) is 19.8 Å². The Labute approximate surface area is 161 Å². The van der Waals surface area contributed by atoms with Gasteiger partial charge in [0.2, 0.25) is 0 Å². The SMILES string of the molecule is O=C1CCCC2=C1[C@H](c1cccc(Oc3ccccc3)c1)c1c([nH][nH]c1=O)N2. The molecule has 0 saturated carbocycles. The van der Waals surface area contributed by atoms with E-state index in [1.807, 2.05) is 54.6 Å². The summed E-state index contributed by atoms with van der Waals surface area (Å²) in [7, 11) is 0. The van der Waals surface area contributed by atoms with Crippen molar-refractivity contribution in [2.45, 2.75) is 25.2 Å². The predicted molar refractivity (Wildman–Crippen MR) is 106 cm³/mol. The number of Topliss-reactive ketones (excluding diaryl/α,β-unsaturated/α-hetero) is 1. The highest BCUT2D eigenvalue weighted by atomic mass is 16.5. The zero-order chi connectivity index (χ0) is 19.1. The van der Waals surface area contributed by atoms with Crippen molar-refractivity contribution in [1.29, 1.82) is 0 Å². The molecule has 1 aromatic heterocycles. The van der Waals surface area contributed by atoms with Crippen LogP contribution in [0, 0.1) is 0 Å². The van der Waals surface area contributed by atoms with Crippen LogP contribution >= 0.6 is 0 Å². The molecule has 1 aliphatic heterocycles. The van der Waals surface area contributed by atoms with Gasteiger partial charge in [-0.15, -0.1) is 0 Å². The molecular formula is C22H19N3O3. The average Bonchev–Trinajstić information content (AvgIpc) is 3.08. The predicted octanol–water partition coefficient (Wildman–Crippen LogP) is 4.06. The third kappa shape index (κ3) is 2.74. The number of para-hydroxylation sites is 1. The van der Waals surface area contributed by atoms with Gasteiger partial charge in [-0.2, -0.15) is 0 Å². The minimum absolute atomic E-state index is 0.0966. The van der Waals surface area contributed by atoms with E-state index in [4.69, 9.17) is 4.74 Å². The molecule has 2 aromatic carbocycles. The second-order valence-corrected chi connectivity index (χ2v) is 7.08. The number of carbonyl (C=O) groups is 1. The van der Waals surface area contributed by atoms with E-state index in [1.165, 1.54) is 0 Å². The van der Waals surface area contributed by atoms with Crippen LogP contribution < -0.4 is 15.6 Å². The van der Waals surface area contributed by atoms with Crippen molar-refractivity contribution in [3.05, 3.63) is 87.3 Å². The van der Waals surface area contributed by atoms with E-state index in [-0.39, 0.29) is 11.3 Å². The number of benzene rings is 2. The largest absolute Gasteiger partial charge is 0.457 e. The third-order valence-corrected chi connectivity index (χ3v) is 5.29. The molecule has 1 atom stereocenters. The first-order valence-electron chi connectivity index (χ1n) is 9.37. The van der Waals surface area contributed by atoms with Gasteiger partial charge in [0.15, 0.2) is 5.78 Å². The van der Waals surface area contributed by atoms with Crippen LogP contribution in [0.2, 0.25) is 0 Å². The highest BCUT2D eigenvalue weighted by Crippen LogP contribution is 2.43. The van der Waals surface area contributed by atoms with Gasteiger partial charge < -0.3 is 10.1 Å². The smallest absolute Gasteiger partial charge is 0.270 e. The molecule has 0 saturated heterocycles. The second kappa shape index (κ2) is 6.56. The Hall–Kier alpha value is -3.54.